The lowest BCUT2D eigenvalue weighted by atomic mass is 9.97. The normalized spacial score (nSPS) is 16.0. The van der Waals surface area contributed by atoms with E-state index >= 15 is 0 Å². The number of methoxy groups -OCH3 is 1. The highest BCUT2D eigenvalue weighted by Gasteiger charge is 2.29. The molecule has 9 heteroatoms. The summed E-state index contributed by atoms with van der Waals surface area (Å²) in [5, 5.41) is 6.90. The first-order valence-corrected chi connectivity index (χ1v) is 9.98. The first-order valence-electron chi connectivity index (χ1n) is 9.98. The lowest BCUT2D eigenvalue weighted by Gasteiger charge is -2.30. The second kappa shape index (κ2) is 8.86. The standard InChI is InChI=1S/C22H23N5O4/c1-30-16-10-8-14(9-11-16)20-25-22(31-26-20)27-12-4-5-15(13-27)21(29)24-18-7-3-2-6-17(18)19(23)28/h2-3,6-11,15H,4-5,12-13H2,1H3,(H2,23,28)(H,24,29)/t15-/m0/s1. The number of amides is 2. The Hall–Kier alpha value is -3.88. The van der Waals surface area contributed by atoms with Gasteiger partial charge in [-0.2, -0.15) is 4.98 Å². The maximum Gasteiger partial charge on any atom is 0.324 e. The molecule has 0 aliphatic carbocycles. The second-order valence-electron chi connectivity index (χ2n) is 7.31. The van der Waals surface area contributed by atoms with Crippen molar-refractivity contribution in [3.05, 3.63) is 54.1 Å². The number of ether oxygens (including phenoxy) is 1. The molecule has 31 heavy (non-hydrogen) atoms. The Balaban J connectivity index is 1.44. The van der Waals surface area contributed by atoms with E-state index in [0.717, 1.165) is 24.2 Å². The summed E-state index contributed by atoms with van der Waals surface area (Å²) >= 11 is 0. The fraction of sp³-hybridized carbons (Fsp3) is 0.273. The zero-order valence-electron chi connectivity index (χ0n) is 17.1. The van der Waals surface area contributed by atoms with E-state index in [1.165, 1.54) is 0 Å². The van der Waals surface area contributed by atoms with Crippen LogP contribution in [0.25, 0.3) is 11.4 Å². The quantitative estimate of drug-likeness (QED) is 0.627. The molecular formula is C22H23N5O4. The minimum absolute atomic E-state index is 0.173. The third kappa shape index (κ3) is 4.50. The van der Waals surface area contributed by atoms with E-state index in [1.54, 1.807) is 31.4 Å². The molecule has 1 aliphatic rings. The molecule has 0 spiro atoms. The number of anilines is 2. The molecule has 0 saturated carbocycles. The number of piperidine rings is 1. The Bertz CT molecular complexity index is 1080. The zero-order chi connectivity index (χ0) is 21.8. The largest absolute Gasteiger partial charge is 0.497 e. The number of nitrogens with two attached hydrogens (primary N) is 1. The topological polar surface area (TPSA) is 124 Å². The van der Waals surface area contributed by atoms with Crippen LogP contribution < -0.4 is 20.7 Å². The minimum Gasteiger partial charge on any atom is -0.497 e. The Morgan fingerprint density at radius 1 is 1.19 bits per heavy atom. The van der Waals surface area contributed by atoms with Crippen LogP contribution in [0.15, 0.2) is 53.1 Å². The number of hydrogen-bond acceptors (Lipinski definition) is 7. The van der Waals surface area contributed by atoms with Gasteiger partial charge in [0.05, 0.1) is 24.3 Å². The number of primary amides is 1. The van der Waals surface area contributed by atoms with Crippen LogP contribution in [-0.2, 0) is 4.79 Å². The maximum atomic E-state index is 12.8. The van der Waals surface area contributed by atoms with Crippen LogP contribution >= 0.6 is 0 Å². The highest BCUT2D eigenvalue weighted by atomic mass is 16.5. The van der Waals surface area contributed by atoms with Crippen LogP contribution in [0.5, 0.6) is 5.75 Å². The summed E-state index contributed by atoms with van der Waals surface area (Å²) in [5.74, 6) is 0.173. The Morgan fingerprint density at radius 3 is 2.71 bits per heavy atom. The molecule has 3 N–H and O–H groups in total. The summed E-state index contributed by atoms with van der Waals surface area (Å²) in [6, 6.07) is 14.4. The number of nitrogens with zero attached hydrogens (tertiary/aromatic N) is 3. The summed E-state index contributed by atoms with van der Waals surface area (Å²) < 4.78 is 10.6. The number of carbonyl (C=O) groups is 2. The van der Waals surface area contributed by atoms with E-state index in [2.05, 4.69) is 15.5 Å². The van der Waals surface area contributed by atoms with Crippen LogP contribution in [0.1, 0.15) is 23.2 Å². The smallest absolute Gasteiger partial charge is 0.324 e. The van der Waals surface area contributed by atoms with Gasteiger partial charge in [-0.25, -0.2) is 0 Å². The van der Waals surface area contributed by atoms with Crippen molar-refractivity contribution in [2.45, 2.75) is 12.8 Å². The van der Waals surface area contributed by atoms with Gasteiger partial charge in [-0.15, -0.1) is 0 Å². The molecule has 1 fully saturated rings. The van der Waals surface area contributed by atoms with Gasteiger partial charge in [-0.3, -0.25) is 9.59 Å². The Morgan fingerprint density at radius 2 is 1.97 bits per heavy atom. The lowest BCUT2D eigenvalue weighted by molar-refractivity contribution is -0.120. The monoisotopic (exact) mass is 421 g/mol. The summed E-state index contributed by atoms with van der Waals surface area (Å²) in [6.07, 6.45) is 1.52. The molecule has 1 aliphatic heterocycles. The first kappa shape index (κ1) is 20.4. The molecule has 3 aromatic rings. The molecule has 2 heterocycles. The van der Waals surface area contributed by atoms with Crippen molar-refractivity contribution >= 4 is 23.5 Å². The fourth-order valence-electron chi connectivity index (χ4n) is 3.61. The second-order valence-corrected chi connectivity index (χ2v) is 7.31. The molecule has 160 valence electrons. The minimum atomic E-state index is -0.585. The maximum absolute atomic E-state index is 12.8. The van der Waals surface area contributed by atoms with Crippen molar-refractivity contribution in [1.29, 1.82) is 0 Å². The van der Waals surface area contributed by atoms with Gasteiger partial charge in [-0.05, 0) is 49.2 Å². The molecule has 2 amide bonds. The Labute approximate surface area is 179 Å². The van der Waals surface area contributed by atoms with Crippen LogP contribution in [0.2, 0.25) is 0 Å². The van der Waals surface area contributed by atoms with Crippen molar-refractivity contribution in [1.82, 2.24) is 10.1 Å². The van der Waals surface area contributed by atoms with Crippen molar-refractivity contribution in [2.75, 3.05) is 30.4 Å². The highest BCUT2D eigenvalue weighted by Crippen LogP contribution is 2.26. The molecule has 2 aromatic carbocycles. The molecule has 0 unspecified atom stereocenters. The van der Waals surface area contributed by atoms with Gasteiger partial charge in [0.2, 0.25) is 11.7 Å². The SMILES string of the molecule is COc1ccc(-c2noc(N3CCC[C@H](C(=O)Nc4ccccc4C(N)=O)C3)n2)cc1. The van der Waals surface area contributed by atoms with Crippen molar-refractivity contribution in [2.24, 2.45) is 11.7 Å². The van der Waals surface area contributed by atoms with E-state index < -0.39 is 5.91 Å². The number of para-hydroxylation sites is 1. The van der Waals surface area contributed by atoms with Gasteiger partial charge in [0.25, 0.3) is 5.91 Å². The number of rotatable bonds is 6. The average Bonchev–Trinajstić information content (AvgIpc) is 3.30. The third-order valence-electron chi connectivity index (χ3n) is 5.28. The molecular weight excluding hydrogens is 398 g/mol. The highest BCUT2D eigenvalue weighted by molar-refractivity contribution is 6.03. The average molecular weight is 421 g/mol. The predicted molar refractivity (Wildman–Crippen MR) is 115 cm³/mol. The molecule has 9 nitrogen and oxygen atoms in total. The van der Waals surface area contributed by atoms with Crippen LogP contribution in [0.4, 0.5) is 11.7 Å². The summed E-state index contributed by atoms with van der Waals surface area (Å²) in [6.45, 7) is 1.15. The number of nitrogens with one attached hydrogen (secondary N) is 1. The third-order valence-corrected chi connectivity index (χ3v) is 5.28. The van der Waals surface area contributed by atoms with Crippen molar-refractivity contribution in [3.8, 4) is 17.1 Å². The van der Waals surface area contributed by atoms with E-state index in [0.29, 0.717) is 30.6 Å². The predicted octanol–water partition coefficient (Wildman–Crippen LogP) is 2.70. The van der Waals surface area contributed by atoms with E-state index in [4.69, 9.17) is 15.0 Å². The number of carbonyl (C=O) groups excluding carboxylic acids is 2. The first-order chi connectivity index (χ1) is 15.0. The van der Waals surface area contributed by atoms with E-state index in [-0.39, 0.29) is 17.4 Å². The summed E-state index contributed by atoms with van der Waals surface area (Å²) in [7, 11) is 1.61. The molecule has 1 saturated heterocycles. The van der Waals surface area contributed by atoms with E-state index in [9.17, 15) is 9.59 Å². The van der Waals surface area contributed by atoms with Gasteiger partial charge in [-0.1, -0.05) is 17.3 Å². The lowest BCUT2D eigenvalue weighted by Crippen LogP contribution is -2.41. The van der Waals surface area contributed by atoms with Gasteiger partial charge in [0.1, 0.15) is 5.75 Å². The van der Waals surface area contributed by atoms with Crippen LogP contribution in [-0.4, -0.2) is 42.2 Å². The Kier molecular flexibility index (Phi) is 5.83. The van der Waals surface area contributed by atoms with Gasteiger partial charge in [0.15, 0.2) is 0 Å². The molecule has 0 radical (unpaired) electrons. The molecule has 4 rings (SSSR count). The van der Waals surface area contributed by atoms with E-state index in [1.807, 2.05) is 29.2 Å². The van der Waals surface area contributed by atoms with Gasteiger partial charge in [0, 0.05) is 18.7 Å². The van der Waals surface area contributed by atoms with Crippen LogP contribution in [0, 0.1) is 5.92 Å². The van der Waals surface area contributed by atoms with Gasteiger partial charge >= 0.3 is 6.01 Å². The van der Waals surface area contributed by atoms with Gasteiger partial charge < -0.3 is 25.2 Å². The fourth-order valence-corrected chi connectivity index (χ4v) is 3.61. The molecule has 0 bridgehead atoms. The molecule has 1 aromatic heterocycles. The number of hydrogen-bond donors (Lipinski definition) is 2. The van der Waals surface area contributed by atoms with Crippen molar-refractivity contribution < 1.29 is 18.8 Å². The van der Waals surface area contributed by atoms with Crippen molar-refractivity contribution in [3.63, 3.8) is 0 Å². The zero-order valence-corrected chi connectivity index (χ0v) is 17.1. The number of aromatic nitrogens is 2. The summed E-state index contributed by atoms with van der Waals surface area (Å²) in [5.41, 5.74) is 6.91. The summed E-state index contributed by atoms with van der Waals surface area (Å²) in [4.78, 5) is 30.8. The van der Waals surface area contributed by atoms with Crippen LogP contribution in [0.3, 0.4) is 0 Å². The number of benzene rings is 2. The molecule has 1 atom stereocenters.